The van der Waals surface area contributed by atoms with Gasteiger partial charge in [0, 0.05) is 35.3 Å². The van der Waals surface area contributed by atoms with Gasteiger partial charge in [-0.25, -0.2) is 0 Å². The van der Waals surface area contributed by atoms with Gasteiger partial charge in [-0.15, -0.1) is 6.58 Å². The fourth-order valence-electron chi connectivity index (χ4n) is 3.73. The minimum absolute atomic E-state index is 0.219. The number of nitrogens with zero attached hydrogens (tertiary/aromatic N) is 2. The molecule has 1 aliphatic heterocycles. The smallest absolute Gasteiger partial charge is 0.293 e. The van der Waals surface area contributed by atoms with Gasteiger partial charge in [-0.3, -0.25) is 14.5 Å². The summed E-state index contributed by atoms with van der Waals surface area (Å²) < 4.78 is 2.18. The van der Waals surface area contributed by atoms with E-state index in [0.29, 0.717) is 11.4 Å². The summed E-state index contributed by atoms with van der Waals surface area (Å²) in [6, 6.07) is 14.0. The largest absolute Gasteiger partial charge is 0.342 e. The number of rotatable bonds is 6. The summed E-state index contributed by atoms with van der Waals surface area (Å²) in [5.74, 6) is -0.274. The Labute approximate surface area is 184 Å². The highest BCUT2D eigenvalue weighted by Gasteiger charge is 2.34. The van der Waals surface area contributed by atoms with Crippen LogP contribution in [0, 0.1) is 0 Å². The zero-order valence-corrected chi connectivity index (χ0v) is 18.2. The molecule has 2 amide bonds. The molecule has 4 nitrogen and oxygen atoms in total. The first kappa shape index (κ1) is 20.5. The average Bonchev–Trinajstić information content (AvgIpc) is 3.22. The second kappa shape index (κ2) is 8.54. The van der Waals surface area contributed by atoms with Crippen LogP contribution < -0.4 is 0 Å². The number of aromatic nitrogens is 1. The summed E-state index contributed by atoms with van der Waals surface area (Å²) in [5.41, 5.74) is 4.28. The normalized spacial score (nSPS) is 15.5. The quantitative estimate of drug-likeness (QED) is 0.345. The first-order valence-corrected chi connectivity index (χ1v) is 10.9. The van der Waals surface area contributed by atoms with Crippen molar-refractivity contribution >= 4 is 51.5 Å². The Hall–Kier alpha value is -2.76. The molecule has 30 heavy (non-hydrogen) atoms. The fraction of sp³-hybridized carbons (Fsp3) is 0.167. The third kappa shape index (κ3) is 3.71. The number of carbonyl (C=O) groups is 2. The molecular formula is C24H21ClN2O2S. The van der Waals surface area contributed by atoms with E-state index in [1.165, 1.54) is 10.5 Å². The number of fused-ring (bicyclic) bond motifs is 1. The van der Waals surface area contributed by atoms with E-state index < -0.39 is 0 Å². The Bertz CT molecular complexity index is 1200. The highest BCUT2D eigenvalue weighted by atomic mass is 35.5. The summed E-state index contributed by atoms with van der Waals surface area (Å²) in [6.45, 7) is 6.59. The van der Waals surface area contributed by atoms with Gasteiger partial charge in [0.1, 0.15) is 0 Å². The van der Waals surface area contributed by atoms with E-state index in [2.05, 4.69) is 30.2 Å². The number of amides is 2. The third-order valence-electron chi connectivity index (χ3n) is 5.16. The van der Waals surface area contributed by atoms with E-state index in [1.54, 1.807) is 6.08 Å². The van der Waals surface area contributed by atoms with E-state index in [1.807, 2.05) is 42.6 Å². The maximum atomic E-state index is 12.7. The zero-order chi connectivity index (χ0) is 21.3. The molecule has 4 rings (SSSR count). The van der Waals surface area contributed by atoms with E-state index in [4.69, 9.17) is 11.6 Å². The summed E-state index contributed by atoms with van der Waals surface area (Å²) in [4.78, 5) is 26.5. The molecule has 3 aromatic rings. The van der Waals surface area contributed by atoms with Crippen LogP contribution in [0.4, 0.5) is 4.79 Å². The molecule has 1 aromatic heterocycles. The lowest BCUT2D eigenvalue weighted by molar-refractivity contribution is -0.122. The van der Waals surface area contributed by atoms with Gasteiger partial charge in [-0.2, -0.15) is 0 Å². The number of hydrogen-bond donors (Lipinski definition) is 0. The third-order valence-corrected chi connectivity index (χ3v) is 6.44. The van der Waals surface area contributed by atoms with Gasteiger partial charge < -0.3 is 4.57 Å². The van der Waals surface area contributed by atoms with Crippen molar-refractivity contribution in [1.82, 2.24) is 9.47 Å². The first-order valence-electron chi connectivity index (χ1n) is 9.74. The summed E-state index contributed by atoms with van der Waals surface area (Å²) in [5, 5.41) is 1.51. The van der Waals surface area contributed by atoms with Gasteiger partial charge in [0.05, 0.1) is 10.4 Å². The van der Waals surface area contributed by atoms with Crippen LogP contribution in [-0.2, 0) is 17.8 Å². The summed E-state index contributed by atoms with van der Waals surface area (Å²) in [6.07, 6.45) is 6.30. The molecule has 6 heteroatoms. The van der Waals surface area contributed by atoms with E-state index in [-0.39, 0.29) is 17.7 Å². The molecule has 2 aromatic carbocycles. The maximum absolute atomic E-state index is 12.7. The number of halogens is 1. The predicted octanol–water partition coefficient (Wildman–Crippen LogP) is 6.13. The Kier molecular flexibility index (Phi) is 5.84. The lowest BCUT2D eigenvalue weighted by Gasteiger charge is -2.10. The molecule has 152 valence electrons. The van der Waals surface area contributed by atoms with Crippen molar-refractivity contribution in [2.75, 3.05) is 6.54 Å². The van der Waals surface area contributed by atoms with Crippen LogP contribution >= 0.6 is 23.4 Å². The highest BCUT2D eigenvalue weighted by molar-refractivity contribution is 8.18. The molecule has 0 N–H and O–H groups in total. The van der Waals surface area contributed by atoms with E-state index in [9.17, 15) is 9.59 Å². The monoisotopic (exact) mass is 436 g/mol. The SMILES string of the molecule is C=CCN1C(=O)S/C(=C\c2cn(Cc3ccccc3Cl)c3c(CC)cccc23)C1=O. The Balaban J connectivity index is 1.82. The number of para-hydroxylation sites is 1. The molecule has 0 saturated carbocycles. The molecule has 1 saturated heterocycles. The lowest BCUT2D eigenvalue weighted by Crippen LogP contribution is -2.27. The van der Waals surface area contributed by atoms with Crippen LogP contribution in [-0.4, -0.2) is 27.2 Å². The predicted molar refractivity (Wildman–Crippen MR) is 125 cm³/mol. The molecule has 1 aliphatic rings. The van der Waals surface area contributed by atoms with Gasteiger partial charge >= 0.3 is 0 Å². The van der Waals surface area contributed by atoms with Crippen LogP contribution in [0.25, 0.3) is 17.0 Å². The second-order valence-electron chi connectivity index (χ2n) is 7.05. The first-order chi connectivity index (χ1) is 14.5. The van der Waals surface area contributed by atoms with Crippen molar-refractivity contribution in [2.45, 2.75) is 19.9 Å². The van der Waals surface area contributed by atoms with Gasteiger partial charge in [0.2, 0.25) is 0 Å². The molecule has 1 fully saturated rings. The van der Waals surface area contributed by atoms with Crippen molar-refractivity contribution in [1.29, 1.82) is 0 Å². The number of hydrogen-bond acceptors (Lipinski definition) is 3. The van der Waals surface area contributed by atoms with Crippen LogP contribution in [0.1, 0.15) is 23.6 Å². The lowest BCUT2D eigenvalue weighted by atomic mass is 10.1. The number of aryl methyl sites for hydroxylation is 1. The molecule has 0 atom stereocenters. The summed E-state index contributed by atoms with van der Waals surface area (Å²) >= 11 is 7.37. The summed E-state index contributed by atoms with van der Waals surface area (Å²) in [7, 11) is 0. The average molecular weight is 437 g/mol. The van der Waals surface area contributed by atoms with Crippen molar-refractivity contribution in [3.05, 3.63) is 87.9 Å². The van der Waals surface area contributed by atoms with Crippen LogP contribution in [0.3, 0.4) is 0 Å². The zero-order valence-electron chi connectivity index (χ0n) is 16.6. The minimum Gasteiger partial charge on any atom is -0.342 e. The molecule has 2 heterocycles. The molecule has 0 spiro atoms. The van der Waals surface area contributed by atoms with Gasteiger partial charge in [-0.1, -0.05) is 61.0 Å². The number of thioether (sulfide) groups is 1. The molecule has 0 radical (unpaired) electrons. The van der Waals surface area contributed by atoms with Crippen molar-refractivity contribution in [3.63, 3.8) is 0 Å². The number of imide groups is 1. The number of benzene rings is 2. The Morgan fingerprint density at radius 2 is 1.87 bits per heavy atom. The molecule has 0 unspecified atom stereocenters. The highest BCUT2D eigenvalue weighted by Crippen LogP contribution is 2.35. The maximum Gasteiger partial charge on any atom is 0.293 e. The van der Waals surface area contributed by atoms with Crippen LogP contribution in [0.5, 0.6) is 0 Å². The van der Waals surface area contributed by atoms with Crippen molar-refractivity contribution < 1.29 is 9.59 Å². The molecule has 0 bridgehead atoms. The van der Waals surface area contributed by atoms with Gasteiger partial charge in [0.25, 0.3) is 11.1 Å². The van der Waals surface area contributed by atoms with E-state index >= 15 is 0 Å². The second-order valence-corrected chi connectivity index (χ2v) is 8.45. The Morgan fingerprint density at radius 1 is 1.10 bits per heavy atom. The molecular weight excluding hydrogens is 416 g/mol. The van der Waals surface area contributed by atoms with Crippen molar-refractivity contribution in [3.8, 4) is 0 Å². The van der Waals surface area contributed by atoms with Gasteiger partial charge in [-0.05, 0) is 41.5 Å². The van der Waals surface area contributed by atoms with Gasteiger partial charge in [0.15, 0.2) is 0 Å². The standard InChI is InChI=1S/C24H21ClN2O2S/c1-3-12-27-23(28)21(30-24(27)29)13-18-15-26(14-17-8-5-6-11-20(17)25)22-16(4-2)9-7-10-19(18)22/h3,5-11,13,15H,1,4,12,14H2,2H3/b21-13-. The topological polar surface area (TPSA) is 42.3 Å². The van der Waals surface area contributed by atoms with Crippen LogP contribution in [0.15, 0.2) is 66.2 Å². The minimum atomic E-state index is -0.274. The molecule has 0 aliphatic carbocycles. The van der Waals surface area contributed by atoms with E-state index in [0.717, 1.165) is 45.2 Å². The fourth-order valence-corrected chi connectivity index (χ4v) is 4.76. The number of carbonyl (C=O) groups excluding carboxylic acids is 2. The van der Waals surface area contributed by atoms with Crippen molar-refractivity contribution in [2.24, 2.45) is 0 Å². The Morgan fingerprint density at radius 3 is 2.60 bits per heavy atom. The van der Waals surface area contributed by atoms with Crippen LogP contribution in [0.2, 0.25) is 5.02 Å².